The first-order chi connectivity index (χ1) is 19.2. The third-order valence-corrected chi connectivity index (χ3v) is 8.21. The molecule has 4 rings (SSSR count). The van der Waals surface area contributed by atoms with E-state index in [2.05, 4.69) is 45.8 Å². The molecule has 0 spiro atoms. The van der Waals surface area contributed by atoms with Crippen LogP contribution in [-0.4, -0.2) is 68.8 Å². The monoisotopic (exact) mass is 572 g/mol. The van der Waals surface area contributed by atoms with E-state index in [0.717, 1.165) is 61.5 Å². The second-order valence-electron chi connectivity index (χ2n) is 11.1. The maximum Gasteiger partial charge on any atom is 0.274 e. The Labute approximate surface area is 245 Å². The van der Waals surface area contributed by atoms with Gasteiger partial charge in [-0.15, -0.1) is 0 Å². The summed E-state index contributed by atoms with van der Waals surface area (Å²) >= 11 is 6.54. The van der Waals surface area contributed by atoms with Crippen LogP contribution < -0.4 is 26.5 Å². The molecule has 0 bridgehead atoms. The maximum atomic E-state index is 13.4. The second-order valence-corrected chi connectivity index (χ2v) is 11.5. The number of fused-ring (bicyclic) bond motifs is 1. The molecular formula is C31H49ClN6O2. The Morgan fingerprint density at radius 2 is 1.85 bits per heavy atom. The van der Waals surface area contributed by atoms with Gasteiger partial charge in [-0.05, 0) is 90.1 Å². The number of likely N-dealkylation sites (N-methyl/N-ethyl adjacent to an activating group) is 1. The number of carbonyl (C=O) groups is 1. The summed E-state index contributed by atoms with van der Waals surface area (Å²) in [5.74, 6) is -0.202. The number of rotatable bonds is 10. The zero-order chi connectivity index (χ0) is 29.2. The zero-order valence-electron chi connectivity index (χ0n) is 25.3. The molecule has 3 N–H and O–H groups in total. The summed E-state index contributed by atoms with van der Waals surface area (Å²) in [6.07, 6.45) is 7.72. The van der Waals surface area contributed by atoms with Crippen molar-refractivity contribution < 1.29 is 4.79 Å². The van der Waals surface area contributed by atoms with Gasteiger partial charge in [0.25, 0.3) is 11.5 Å². The van der Waals surface area contributed by atoms with Crippen LogP contribution in [0.4, 0.5) is 5.69 Å². The molecule has 1 aromatic heterocycles. The molecule has 1 fully saturated rings. The van der Waals surface area contributed by atoms with Crippen molar-refractivity contribution >= 4 is 23.2 Å². The topological polar surface area (TPSA) is 81.6 Å². The van der Waals surface area contributed by atoms with E-state index >= 15 is 0 Å². The van der Waals surface area contributed by atoms with Crippen LogP contribution in [0, 0.1) is 6.92 Å². The quantitative estimate of drug-likeness (QED) is 0.393. The van der Waals surface area contributed by atoms with Crippen LogP contribution in [-0.2, 0) is 19.4 Å². The van der Waals surface area contributed by atoms with Crippen LogP contribution >= 0.6 is 11.6 Å². The van der Waals surface area contributed by atoms with Crippen LogP contribution in [0.3, 0.4) is 0 Å². The van der Waals surface area contributed by atoms with E-state index in [4.69, 9.17) is 11.6 Å². The molecule has 40 heavy (non-hydrogen) atoms. The van der Waals surface area contributed by atoms with E-state index in [-0.39, 0.29) is 18.0 Å². The Hall–Kier alpha value is -2.55. The van der Waals surface area contributed by atoms with E-state index in [1.54, 1.807) is 10.7 Å². The van der Waals surface area contributed by atoms with Gasteiger partial charge in [-0.25, -0.2) is 4.68 Å². The minimum absolute atomic E-state index is 0.0722. The molecule has 9 heteroatoms. The van der Waals surface area contributed by atoms with Gasteiger partial charge < -0.3 is 25.9 Å². The fraction of sp³-hybridized carbons (Fsp3) is 0.613. The number of nitrogens with zero attached hydrogens (tertiary/aromatic N) is 3. The number of amides is 1. The minimum Gasteiger partial charge on any atom is -0.369 e. The van der Waals surface area contributed by atoms with Crippen LogP contribution in [0.2, 0.25) is 5.02 Å². The first kappa shape index (κ1) is 32.0. The number of halogens is 1. The van der Waals surface area contributed by atoms with Gasteiger partial charge in [-0.3, -0.25) is 9.59 Å². The maximum absolute atomic E-state index is 13.4. The Balaban J connectivity index is 0.00000103. The van der Waals surface area contributed by atoms with Crippen LogP contribution in [0.1, 0.15) is 78.7 Å². The molecule has 0 unspecified atom stereocenters. The number of nitrogens with one attached hydrogen (secondary N) is 3. The van der Waals surface area contributed by atoms with Gasteiger partial charge in [0.15, 0.2) is 0 Å². The average Bonchev–Trinajstić information content (AvgIpc) is 3.43. The van der Waals surface area contributed by atoms with Crippen LogP contribution in [0.15, 0.2) is 23.0 Å². The fourth-order valence-electron chi connectivity index (χ4n) is 5.65. The van der Waals surface area contributed by atoms with Crippen molar-refractivity contribution in [3.63, 3.8) is 0 Å². The Bertz CT molecular complexity index is 1190. The summed E-state index contributed by atoms with van der Waals surface area (Å²) in [5.41, 5.74) is 8.27. The van der Waals surface area contributed by atoms with Crippen LogP contribution in [0.25, 0.3) is 0 Å². The van der Waals surface area contributed by atoms with Gasteiger partial charge in [0.1, 0.15) is 0 Å². The first-order valence-corrected chi connectivity index (χ1v) is 15.2. The molecule has 8 nitrogen and oxygen atoms in total. The van der Waals surface area contributed by atoms with Crippen LogP contribution in [0.5, 0.6) is 0 Å². The Morgan fingerprint density at radius 1 is 1.15 bits per heavy atom. The average molecular weight is 573 g/mol. The molecule has 222 valence electrons. The van der Waals surface area contributed by atoms with Gasteiger partial charge in [0, 0.05) is 66.2 Å². The van der Waals surface area contributed by atoms with Gasteiger partial charge in [-0.2, -0.15) is 0 Å². The highest BCUT2D eigenvalue weighted by atomic mass is 35.5. The normalized spacial score (nSPS) is 14.8. The molecule has 0 saturated heterocycles. The molecule has 2 aromatic rings. The van der Waals surface area contributed by atoms with Gasteiger partial charge >= 0.3 is 0 Å². The lowest BCUT2D eigenvalue weighted by Crippen LogP contribution is -2.37. The molecule has 1 aromatic carbocycles. The van der Waals surface area contributed by atoms with E-state index in [1.165, 1.54) is 32.1 Å². The number of pyridine rings is 1. The second kappa shape index (κ2) is 15.5. The van der Waals surface area contributed by atoms with Crippen molar-refractivity contribution in [2.45, 2.75) is 78.3 Å². The molecular weight excluding hydrogens is 524 g/mol. The number of hydrogen-bond acceptors (Lipinski definition) is 6. The van der Waals surface area contributed by atoms with Crippen molar-refractivity contribution in [3.05, 3.63) is 61.5 Å². The summed E-state index contributed by atoms with van der Waals surface area (Å²) < 4.78 is 1.63. The molecule has 1 aliphatic heterocycles. The predicted molar refractivity (Wildman–Crippen MR) is 168 cm³/mol. The molecule has 0 atom stereocenters. The molecule has 1 aliphatic carbocycles. The smallest absolute Gasteiger partial charge is 0.274 e. The highest BCUT2D eigenvalue weighted by Crippen LogP contribution is 2.33. The molecule has 2 aliphatic rings. The van der Waals surface area contributed by atoms with E-state index < -0.39 is 0 Å². The van der Waals surface area contributed by atoms with Crippen molar-refractivity contribution in [2.75, 3.05) is 57.6 Å². The lowest BCUT2D eigenvalue weighted by atomic mass is 9.93. The zero-order valence-corrected chi connectivity index (χ0v) is 26.1. The van der Waals surface area contributed by atoms with Crippen molar-refractivity contribution in [3.8, 4) is 0 Å². The van der Waals surface area contributed by atoms with E-state index in [0.29, 0.717) is 22.2 Å². The lowest BCUT2D eigenvalue weighted by Gasteiger charge is -2.36. The highest BCUT2D eigenvalue weighted by molar-refractivity contribution is 6.31. The van der Waals surface area contributed by atoms with Gasteiger partial charge in [-0.1, -0.05) is 37.8 Å². The van der Waals surface area contributed by atoms with E-state index in [9.17, 15) is 9.59 Å². The molecule has 0 radical (unpaired) electrons. The number of benzene rings is 1. The minimum atomic E-state index is -0.202. The summed E-state index contributed by atoms with van der Waals surface area (Å²) in [7, 11) is 5.98. The number of hydrogen-bond donors (Lipinski definition) is 3. The summed E-state index contributed by atoms with van der Waals surface area (Å²) in [5, 5.41) is 6.53. The van der Waals surface area contributed by atoms with Crippen molar-refractivity contribution in [2.24, 2.45) is 0 Å². The van der Waals surface area contributed by atoms with Gasteiger partial charge in [0.05, 0.1) is 0 Å². The SMILES string of the molecule is CCN(c1cc(Cl)cc(C(=O)NCc2c(CCN(C)C)cc3n(c2=O)NCC3)c1C)C1CCCCC1.CCNC. The highest BCUT2D eigenvalue weighted by Gasteiger charge is 2.25. The molecule has 2 heterocycles. The Kier molecular flexibility index (Phi) is 12.3. The molecule has 1 amide bonds. The predicted octanol–water partition coefficient (Wildman–Crippen LogP) is 4.33. The standard InChI is InChI=1S/C28H40ClN5O2.C3H9N/c1-5-33(22-9-7-6-8-10-22)26-17-21(29)16-24(19(26)2)27(35)30-18-25-20(12-14-32(3)4)15-23-11-13-31-34(23)28(25)36;1-3-4-2/h15-17,22,31H,5-14,18H2,1-4H3,(H,30,35);4H,3H2,1-2H3. The summed E-state index contributed by atoms with van der Waals surface area (Å²) in [6.45, 7) is 9.95. The van der Waals surface area contributed by atoms with Crippen molar-refractivity contribution in [1.82, 2.24) is 20.2 Å². The summed E-state index contributed by atoms with van der Waals surface area (Å²) in [4.78, 5) is 31.2. The first-order valence-electron chi connectivity index (χ1n) is 14.9. The lowest BCUT2D eigenvalue weighted by molar-refractivity contribution is 0.0950. The molecule has 1 saturated carbocycles. The third kappa shape index (κ3) is 8.02. The Morgan fingerprint density at radius 3 is 2.48 bits per heavy atom. The van der Waals surface area contributed by atoms with E-state index in [1.807, 2.05) is 34.1 Å². The number of anilines is 1. The summed E-state index contributed by atoms with van der Waals surface area (Å²) in [6, 6.07) is 6.33. The number of carbonyl (C=O) groups excluding carboxylic acids is 1. The largest absolute Gasteiger partial charge is 0.369 e. The fourth-order valence-corrected chi connectivity index (χ4v) is 5.86. The third-order valence-electron chi connectivity index (χ3n) is 7.99. The number of aromatic nitrogens is 1. The van der Waals surface area contributed by atoms with Crippen molar-refractivity contribution in [1.29, 1.82) is 0 Å². The van der Waals surface area contributed by atoms with Gasteiger partial charge in [0.2, 0.25) is 0 Å².